The van der Waals surface area contributed by atoms with E-state index in [2.05, 4.69) is 10.3 Å². The van der Waals surface area contributed by atoms with Crippen molar-refractivity contribution in [2.24, 2.45) is 0 Å². The van der Waals surface area contributed by atoms with Gasteiger partial charge in [0.05, 0.1) is 10.6 Å². The Morgan fingerprint density at radius 3 is 2.62 bits per heavy atom. The van der Waals surface area contributed by atoms with E-state index in [1.165, 1.54) is 0 Å². The van der Waals surface area contributed by atoms with Crippen molar-refractivity contribution in [2.75, 3.05) is 5.32 Å². The number of hydrogen-bond acceptors (Lipinski definition) is 1. The molecule has 0 unspecified atom stereocenters. The van der Waals surface area contributed by atoms with Crippen molar-refractivity contribution >= 4 is 45.7 Å². The zero-order chi connectivity index (χ0) is 17.3. The maximum atomic E-state index is 12.2. The summed E-state index contributed by atoms with van der Waals surface area (Å²) in [6, 6.07) is 13.6. The normalized spacial score (nSPS) is 14.3. The van der Waals surface area contributed by atoms with Crippen molar-refractivity contribution in [1.29, 1.82) is 0 Å². The lowest BCUT2D eigenvalue weighted by Gasteiger charge is -1.96. The number of amides is 1. The van der Waals surface area contributed by atoms with Crippen LogP contribution in [0.4, 0.5) is 5.69 Å². The zero-order valence-electron chi connectivity index (χ0n) is 13.9. The molecule has 0 saturated heterocycles. The first-order chi connectivity index (χ1) is 11.6. The monoisotopic (exact) mass is 338 g/mol. The van der Waals surface area contributed by atoms with Gasteiger partial charge in [0.25, 0.3) is 5.91 Å². The van der Waals surface area contributed by atoms with E-state index in [4.69, 9.17) is 11.6 Å². The fraction of sp³-hybridized carbons (Fsp3) is 0.150. The van der Waals surface area contributed by atoms with E-state index >= 15 is 0 Å². The Morgan fingerprint density at radius 1 is 1.08 bits per heavy atom. The van der Waals surface area contributed by atoms with Crippen molar-refractivity contribution < 1.29 is 4.79 Å². The molecule has 0 radical (unpaired) electrons. The molecule has 0 spiro atoms. The maximum absolute atomic E-state index is 12.2. The second kappa shape index (κ2) is 6.54. The van der Waals surface area contributed by atoms with Crippen LogP contribution < -0.4 is 5.32 Å². The molecule has 0 fully saturated rings. The van der Waals surface area contributed by atoms with Crippen LogP contribution in [0.2, 0.25) is 5.02 Å². The van der Waals surface area contributed by atoms with Gasteiger partial charge in [-0.1, -0.05) is 43.6 Å². The molecule has 0 aliphatic carbocycles. The third-order valence-corrected chi connectivity index (χ3v) is 4.18. The predicted octanol–water partition coefficient (Wildman–Crippen LogP) is 5.65. The Kier molecular flexibility index (Phi) is 4.45. The number of aromatic amines is 1. The van der Waals surface area contributed by atoms with E-state index in [1.807, 2.05) is 69.3 Å². The number of aromatic nitrogens is 1. The fourth-order valence-electron chi connectivity index (χ4n) is 2.87. The van der Waals surface area contributed by atoms with Crippen LogP contribution in [0.1, 0.15) is 30.7 Å². The minimum absolute atomic E-state index is 0.0814. The molecule has 2 aromatic carbocycles. The van der Waals surface area contributed by atoms with Gasteiger partial charge in [0.15, 0.2) is 0 Å². The Bertz CT molecular complexity index is 953. The van der Waals surface area contributed by atoms with Crippen LogP contribution >= 0.6 is 11.6 Å². The van der Waals surface area contributed by atoms with Crippen LogP contribution in [0.5, 0.6) is 0 Å². The highest BCUT2D eigenvalue weighted by Gasteiger charge is 2.23. The Balaban J connectivity index is 0.000000815. The zero-order valence-corrected chi connectivity index (χ0v) is 14.7. The van der Waals surface area contributed by atoms with Gasteiger partial charge in [-0.05, 0) is 42.8 Å². The molecule has 1 aliphatic rings. The number of para-hydroxylation sites is 1. The summed E-state index contributed by atoms with van der Waals surface area (Å²) in [5.74, 6) is -0.0814. The Labute approximate surface area is 146 Å². The van der Waals surface area contributed by atoms with Crippen molar-refractivity contribution in [3.8, 4) is 0 Å². The standard InChI is InChI=1S/C18H13ClN2O.C2H6/c1-10-6-15(19)14-9-11(20-17(14)7-10)8-13-12-4-2-3-5-16(12)21-18(13)22;1-2/h2-9,20H,1H3,(H,21,22);1-2H3/b13-8-;. The Hall–Kier alpha value is -2.52. The van der Waals surface area contributed by atoms with Crippen LogP contribution in [-0.4, -0.2) is 10.9 Å². The van der Waals surface area contributed by atoms with Gasteiger partial charge in [-0.3, -0.25) is 4.79 Å². The SMILES string of the molecule is CC.Cc1cc(Cl)c2cc(/C=C3\C(=O)Nc4ccccc43)[nH]c2c1. The number of aryl methyl sites for hydroxylation is 1. The Morgan fingerprint density at radius 2 is 1.83 bits per heavy atom. The third-order valence-electron chi connectivity index (χ3n) is 3.86. The van der Waals surface area contributed by atoms with E-state index in [9.17, 15) is 4.79 Å². The van der Waals surface area contributed by atoms with Gasteiger partial charge >= 0.3 is 0 Å². The molecule has 2 heterocycles. The first-order valence-corrected chi connectivity index (χ1v) is 8.41. The quantitative estimate of drug-likeness (QED) is 0.553. The van der Waals surface area contributed by atoms with E-state index in [0.717, 1.165) is 33.4 Å². The number of nitrogens with one attached hydrogen (secondary N) is 2. The third kappa shape index (κ3) is 2.83. The van der Waals surface area contributed by atoms with Gasteiger partial charge in [0.1, 0.15) is 0 Å². The minimum atomic E-state index is -0.0814. The lowest BCUT2D eigenvalue weighted by atomic mass is 10.1. The molecular weight excluding hydrogens is 320 g/mol. The van der Waals surface area contributed by atoms with Crippen molar-refractivity contribution in [3.63, 3.8) is 0 Å². The molecule has 24 heavy (non-hydrogen) atoms. The van der Waals surface area contributed by atoms with Crippen molar-refractivity contribution in [2.45, 2.75) is 20.8 Å². The van der Waals surface area contributed by atoms with E-state index in [1.54, 1.807) is 0 Å². The maximum Gasteiger partial charge on any atom is 0.256 e. The molecule has 0 bridgehead atoms. The molecule has 4 heteroatoms. The second-order valence-corrected chi connectivity index (χ2v) is 5.90. The van der Waals surface area contributed by atoms with Crippen LogP contribution in [0, 0.1) is 6.92 Å². The number of benzene rings is 2. The van der Waals surface area contributed by atoms with Crippen molar-refractivity contribution in [3.05, 3.63) is 64.3 Å². The summed E-state index contributed by atoms with van der Waals surface area (Å²) < 4.78 is 0. The number of carbonyl (C=O) groups is 1. The van der Waals surface area contributed by atoms with E-state index < -0.39 is 0 Å². The molecular formula is C20H19ClN2O. The van der Waals surface area contributed by atoms with Gasteiger partial charge in [-0.2, -0.15) is 0 Å². The van der Waals surface area contributed by atoms with Gasteiger partial charge in [-0.25, -0.2) is 0 Å². The molecule has 3 nitrogen and oxygen atoms in total. The van der Waals surface area contributed by atoms with Crippen LogP contribution in [0.3, 0.4) is 0 Å². The van der Waals surface area contributed by atoms with Gasteiger partial charge in [-0.15, -0.1) is 0 Å². The van der Waals surface area contributed by atoms with Gasteiger partial charge < -0.3 is 10.3 Å². The molecule has 1 aromatic heterocycles. The summed E-state index contributed by atoms with van der Waals surface area (Å²) in [5, 5.41) is 4.55. The van der Waals surface area contributed by atoms with E-state index in [-0.39, 0.29) is 5.91 Å². The average molecular weight is 339 g/mol. The summed E-state index contributed by atoms with van der Waals surface area (Å²) in [7, 11) is 0. The molecule has 0 saturated carbocycles. The summed E-state index contributed by atoms with van der Waals surface area (Å²) in [6.07, 6.45) is 1.87. The van der Waals surface area contributed by atoms with E-state index in [0.29, 0.717) is 10.6 Å². The number of rotatable bonds is 1. The highest BCUT2D eigenvalue weighted by Crippen LogP contribution is 2.33. The molecule has 3 aromatic rings. The molecule has 2 N–H and O–H groups in total. The van der Waals surface area contributed by atoms with Gasteiger partial charge in [0.2, 0.25) is 0 Å². The van der Waals surface area contributed by atoms with Crippen LogP contribution in [0.15, 0.2) is 42.5 Å². The summed E-state index contributed by atoms with van der Waals surface area (Å²) in [4.78, 5) is 15.5. The highest BCUT2D eigenvalue weighted by atomic mass is 35.5. The highest BCUT2D eigenvalue weighted by molar-refractivity contribution is 6.36. The number of hydrogen-bond donors (Lipinski definition) is 2. The van der Waals surface area contributed by atoms with Crippen LogP contribution in [0.25, 0.3) is 22.6 Å². The minimum Gasteiger partial charge on any atom is -0.355 e. The number of H-pyrrole nitrogens is 1. The average Bonchev–Trinajstić information content (AvgIpc) is 3.11. The lowest BCUT2D eigenvalue weighted by Crippen LogP contribution is -2.03. The molecule has 1 aliphatic heterocycles. The number of anilines is 1. The summed E-state index contributed by atoms with van der Waals surface area (Å²) >= 11 is 6.28. The van der Waals surface area contributed by atoms with Crippen molar-refractivity contribution in [1.82, 2.24) is 4.98 Å². The van der Waals surface area contributed by atoms with Crippen LogP contribution in [-0.2, 0) is 4.79 Å². The second-order valence-electron chi connectivity index (χ2n) is 5.49. The predicted molar refractivity (Wildman–Crippen MR) is 102 cm³/mol. The topological polar surface area (TPSA) is 44.9 Å². The molecule has 0 atom stereocenters. The fourth-order valence-corrected chi connectivity index (χ4v) is 3.19. The van der Waals surface area contributed by atoms with Gasteiger partial charge in [0, 0.05) is 27.8 Å². The number of halogens is 1. The number of carbonyl (C=O) groups excluding carboxylic acids is 1. The summed E-state index contributed by atoms with van der Waals surface area (Å²) in [5.41, 5.74) is 5.38. The number of fused-ring (bicyclic) bond motifs is 2. The smallest absolute Gasteiger partial charge is 0.256 e. The lowest BCUT2D eigenvalue weighted by molar-refractivity contribution is -0.110. The largest absolute Gasteiger partial charge is 0.355 e. The summed E-state index contributed by atoms with van der Waals surface area (Å²) in [6.45, 7) is 6.00. The molecule has 4 rings (SSSR count). The first-order valence-electron chi connectivity index (χ1n) is 8.03. The molecule has 1 amide bonds. The first kappa shape index (κ1) is 16.3. The molecule has 122 valence electrons.